The molecule has 0 saturated heterocycles. The van der Waals surface area contributed by atoms with E-state index in [1.807, 2.05) is 6.07 Å². The van der Waals surface area contributed by atoms with Crippen LogP contribution in [0.25, 0.3) is 0 Å². The minimum absolute atomic E-state index is 0.180. The Labute approximate surface area is 151 Å². The van der Waals surface area contributed by atoms with Crippen LogP contribution >= 0.6 is 0 Å². The lowest BCUT2D eigenvalue weighted by atomic mass is 9.68. The Hall–Kier alpha value is -1.25. The third-order valence-electron chi connectivity index (χ3n) is 6.57. The fraction of sp³-hybridized carbons (Fsp3) is 0.682. The van der Waals surface area contributed by atoms with Crippen LogP contribution in [0.5, 0.6) is 0 Å². The highest BCUT2D eigenvalue weighted by atomic mass is 19.2. The second-order valence-electron chi connectivity index (χ2n) is 8.59. The molecule has 138 valence electrons. The smallest absolute Gasteiger partial charge is 0.170 e. The van der Waals surface area contributed by atoms with E-state index < -0.39 is 11.6 Å². The van der Waals surface area contributed by atoms with Crippen molar-refractivity contribution in [3.63, 3.8) is 0 Å². The molecule has 1 nitrogen and oxygen atoms in total. The summed E-state index contributed by atoms with van der Waals surface area (Å²) in [6.07, 6.45) is 9.82. The summed E-state index contributed by atoms with van der Waals surface area (Å²) in [4.78, 5) is 0. The zero-order valence-electron chi connectivity index (χ0n) is 15.7. The molecule has 0 atom stereocenters. The molecule has 0 bridgehead atoms. The predicted octanol–water partition coefficient (Wildman–Crippen LogP) is 5.91. The van der Waals surface area contributed by atoms with Crippen molar-refractivity contribution in [3.05, 3.63) is 34.9 Å². The quantitative estimate of drug-likeness (QED) is 0.470. The van der Waals surface area contributed by atoms with Gasteiger partial charge in [-0.15, -0.1) is 0 Å². The van der Waals surface area contributed by atoms with Crippen molar-refractivity contribution >= 4 is 6.72 Å². The molecule has 0 aromatic heterocycles. The summed E-state index contributed by atoms with van der Waals surface area (Å²) in [5.41, 5.74) is 0.979. The largest absolute Gasteiger partial charge is 0.240 e. The third-order valence-corrected chi connectivity index (χ3v) is 6.57. The van der Waals surface area contributed by atoms with Crippen LogP contribution in [0.3, 0.4) is 0 Å². The molecule has 3 rings (SSSR count). The number of nitrogens with zero attached hydrogens (tertiary/aromatic N) is 1. The predicted molar refractivity (Wildman–Crippen MR) is 99.2 cm³/mol. The minimum atomic E-state index is -0.684. The molecule has 0 radical (unpaired) electrons. The van der Waals surface area contributed by atoms with Crippen molar-refractivity contribution in [1.29, 1.82) is 0 Å². The molecule has 1 aromatic carbocycles. The zero-order valence-corrected chi connectivity index (χ0v) is 15.7. The van der Waals surface area contributed by atoms with E-state index in [1.54, 1.807) is 17.7 Å². The summed E-state index contributed by atoms with van der Waals surface area (Å²) in [6, 6.07) is 3.55. The SMILES string of the molecule is C=[N+](C)Cc1ccc(C2CCC(C3CCC(C)CC3)CC2)c(F)c1F. The fourth-order valence-electron chi connectivity index (χ4n) is 4.99. The molecule has 3 heteroatoms. The molecule has 0 amide bonds. The van der Waals surface area contributed by atoms with E-state index in [4.69, 9.17) is 0 Å². The van der Waals surface area contributed by atoms with E-state index >= 15 is 0 Å². The van der Waals surface area contributed by atoms with Gasteiger partial charge in [0.25, 0.3) is 0 Å². The third kappa shape index (κ3) is 4.30. The van der Waals surface area contributed by atoms with Crippen molar-refractivity contribution in [3.8, 4) is 0 Å². The van der Waals surface area contributed by atoms with E-state index in [1.165, 1.54) is 38.5 Å². The van der Waals surface area contributed by atoms with Crippen LogP contribution in [-0.2, 0) is 6.54 Å². The van der Waals surface area contributed by atoms with Crippen LogP contribution in [0.4, 0.5) is 8.78 Å². The van der Waals surface area contributed by atoms with Gasteiger partial charge in [-0.05, 0) is 73.8 Å². The highest BCUT2D eigenvalue weighted by Gasteiger charge is 2.32. The van der Waals surface area contributed by atoms with Gasteiger partial charge in [0, 0.05) is 0 Å². The monoisotopic (exact) mass is 348 g/mol. The average molecular weight is 349 g/mol. The van der Waals surface area contributed by atoms with E-state index in [-0.39, 0.29) is 5.92 Å². The van der Waals surface area contributed by atoms with Crippen LogP contribution < -0.4 is 0 Å². The molecule has 2 aliphatic carbocycles. The van der Waals surface area contributed by atoms with Gasteiger partial charge in [-0.1, -0.05) is 25.8 Å². The van der Waals surface area contributed by atoms with Gasteiger partial charge >= 0.3 is 0 Å². The maximum Gasteiger partial charge on any atom is 0.170 e. The van der Waals surface area contributed by atoms with E-state index in [0.29, 0.717) is 17.7 Å². The van der Waals surface area contributed by atoms with Crippen molar-refractivity contribution in [2.45, 2.75) is 70.8 Å². The standard InChI is InChI=1S/C22H32F2N/c1-15-4-6-16(7-5-15)17-8-10-18(11-9-17)20-13-12-19(14-25(2)3)21(23)22(20)24/h12-13,15-18H,2,4-11,14H2,1,3H3/q+1. The van der Waals surface area contributed by atoms with Crippen molar-refractivity contribution in [1.82, 2.24) is 0 Å². The number of hydrogen-bond donors (Lipinski definition) is 0. The number of hydrogen-bond acceptors (Lipinski definition) is 0. The van der Waals surface area contributed by atoms with Gasteiger partial charge in [0.15, 0.2) is 18.2 Å². The molecule has 0 unspecified atom stereocenters. The van der Waals surface area contributed by atoms with Gasteiger partial charge in [0.2, 0.25) is 0 Å². The topological polar surface area (TPSA) is 3.01 Å². The van der Waals surface area contributed by atoms with Gasteiger partial charge in [-0.2, -0.15) is 0 Å². The molecule has 2 saturated carbocycles. The Morgan fingerprint density at radius 2 is 1.48 bits per heavy atom. The Kier molecular flexibility index (Phi) is 5.91. The summed E-state index contributed by atoms with van der Waals surface area (Å²) in [5.74, 6) is 1.43. The lowest BCUT2D eigenvalue weighted by Crippen LogP contribution is -2.25. The number of halogens is 2. The van der Waals surface area contributed by atoms with Gasteiger partial charge in [0.05, 0.1) is 5.56 Å². The first kappa shape index (κ1) is 18.5. The van der Waals surface area contributed by atoms with Gasteiger partial charge < -0.3 is 0 Å². The summed E-state index contributed by atoms with van der Waals surface area (Å²) in [6.45, 7) is 6.41. The van der Waals surface area contributed by atoms with Gasteiger partial charge in [-0.25, -0.2) is 13.4 Å². The molecule has 0 aliphatic heterocycles. The molecule has 0 spiro atoms. The highest BCUT2D eigenvalue weighted by Crippen LogP contribution is 2.44. The lowest BCUT2D eigenvalue weighted by molar-refractivity contribution is -0.505. The molecule has 2 fully saturated rings. The summed E-state index contributed by atoms with van der Waals surface area (Å²) in [5, 5.41) is 0. The normalized spacial score (nSPS) is 30.2. The first-order valence-electron chi connectivity index (χ1n) is 9.94. The summed E-state index contributed by atoms with van der Waals surface area (Å²) < 4.78 is 30.5. The Balaban J connectivity index is 1.63. The average Bonchev–Trinajstić information content (AvgIpc) is 2.60. The van der Waals surface area contributed by atoms with E-state index in [0.717, 1.165) is 30.6 Å². The van der Waals surface area contributed by atoms with Crippen LogP contribution in [0.1, 0.15) is 75.3 Å². The van der Waals surface area contributed by atoms with Crippen molar-refractivity contribution in [2.75, 3.05) is 7.05 Å². The Morgan fingerprint density at radius 3 is 2.04 bits per heavy atom. The highest BCUT2D eigenvalue weighted by molar-refractivity contribution is 5.29. The second kappa shape index (κ2) is 7.97. The maximum atomic E-state index is 14.6. The van der Waals surface area contributed by atoms with Gasteiger partial charge in [-0.3, -0.25) is 0 Å². The van der Waals surface area contributed by atoms with E-state index in [9.17, 15) is 8.78 Å². The first-order chi connectivity index (χ1) is 12.0. The lowest BCUT2D eigenvalue weighted by Gasteiger charge is -2.37. The Morgan fingerprint density at radius 1 is 0.920 bits per heavy atom. The Bertz CT molecular complexity index is 609. The molecule has 0 N–H and O–H groups in total. The molecule has 2 aliphatic rings. The fourth-order valence-corrected chi connectivity index (χ4v) is 4.99. The maximum absolute atomic E-state index is 14.6. The van der Waals surface area contributed by atoms with Crippen LogP contribution in [0.2, 0.25) is 0 Å². The second-order valence-corrected chi connectivity index (χ2v) is 8.59. The molecule has 0 heterocycles. The first-order valence-corrected chi connectivity index (χ1v) is 9.94. The number of rotatable bonds is 4. The van der Waals surface area contributed by atoms with Crippen molar-refractivity contribution in [2.24, 2.45) is 17.8 Å². The molecule has 25 heavy (non-hydrogen) atoms. The molecular formula is C22H32F2N+. The molecular weight excluding hydrogens is 316 g/mol. The zero-order chi connectivity index (χ0) is 18.0. The minimum Gasteiger partial charge on any atom is -0.240 e. The summed E-state index contributed by atoms with van der Waals surface area (Å²) >= 11 is 0. The van der Waals surface area contributed by atoms with Crippen LogP contribution in [0, 0.1) is 29.4 Å². The molecule has 1 aromatic rings. The van der Waals surface area contributed by atoms with E-state index in [2.05, 4.69) is 13.6 Å². The summed E-state index contributed by atoms with van der Waals surface area (Å²) in [7, 11) is 1.76. The van der Waals surface area contributed by atoms with Crippen LogP contribution in [-0.4, -0.2) is 18.3 Å². The van der Waals surface area contributed by atoms with Crippen molar-refractivity contribution < 1.29 is 13.4 Å². The van der Waals surface area contributed by atoms with Crippen LogP contribution in [0.15, 0.2) is 12.1 Å². The van der Waals surface area contributed by atoms with Gasteiger partial charge in [0.1, 0.15) is 13.8 Å². The number of benzene rings is 1.